The summed E-state index contributed by atoms with van der Waals surface area (Å²) in [5.74, 6) is -5.05. The summed E-state index contributed by atoms with van der Waals surface area (Å²) in [4.78, 5) is 98.7. The van der Waals surface area contributed by atoms with Gasteiger partial charge < -0.3 is 42.6 Å². The zero-order chi connectivity index (χ0) is 44.3. The van der Waals surface area contributed by atoms with Crippen LogP contribution in [0.25, 0.3) is 0 Å². The zero-order valence-corrected chi connectivity index (χ0v) is 34.8. The van der Waals surface area contributed by atoms with Gasteiger partial charge in [-0.3, -0.25) is 19.2 Å². The highest BCUT2D eigenvalue weighted by Crippen LogP contribution is 2.27. The third-order valence-corrected chi connectivity index (χ3v) is 8.19. The summed E-state index contributed by atoms with van der Waals surface area (Å²) in [5.41, 5.74) is 0.936. The van der Waals surface area contributed by atoms with E-state index in [0.29, 0.717) is 32.1 Å². The highest BCUT2D eigenvalue weighted by Gasteiger charge is 2.48. The predicted octanol–water partition coefficient (Wildman–Crippen LogP) is 4.82. The van der Waals surface area contributed by atoms with Crippen molar-refractivity contribution in [1.29, 1.82) is 0 Å². The lowest BCUT2D eigenvalue weighted by atomic mass is 9.99. The Morgan fingerprint density at radius 2 is 0.763 bits per heavy atom. The summed E-state index contributed by atoms with van der Waals surface area (Å²) in [5, 5.41) is 0. The fourth-order valence-corrected chi connectivity index (χ4v) is 4.90. The minimum atomic E-state index is -1.41. The number of hydrogen-bond donors (Lipinski definition) is 0. The molecule has 0 aromatic heterocycles. The first-order valence-electron chi connectivity index (χ1n) is 19.6. The maximum absolute atomic E-state index is 13.2. The van der Waals surface area contributed by atoms with Gasteiger partial charge in [0.05, 0.1) is 33.0 Å². The number of esters is 8. The number of carbonyl (C=O) groups is 8. The molecule has 59 heavy (non-hydrogen) atoms. The Labute approximate surface area is 345 Å². The Balaban J connectivity index is 3.13. The minimum Gasteiger partial charge on any atom is -0.463 e. The summed E-state index contributed by atoms with van der Waals surface area (Å²) in [7, 11) is 0. The first-order valence-corrected chi connectivity index (χ1v) is 19.6. The van der Waals surface area contributed by atoms with Gasteiger partial charge in [-0.1, -0.05) is 26.3 Å². The largest absolute Gasteiger partial charge is 0.463 e. The van der Waals surface area contributed by atoms with Gasteiger partial charge in [-0.2, -0.15) is 0 Å². The molecule has 1 aliphatic heterocycles. The third kappa shape index (κ3) is 23.0. The van der Waals surface area contributed by atoms with Gasteiger partial charge in [-0.25, -0.2) is 19.2 Å². The van der Waals surface area contributed by atoms with Crippen LogP contribution in [0.1, 0.15) is 105 Å². The maximum Gasteiger partial charge on any atom is 0.333 e. The smallest absolute Gasteiger partial charge is 0.333 e. The van der Waals surface area contributed by atoms with Gasteiger partial charge in [0, 0.05) is 48.0 Å². The van der Waals surface area contributed by atoms with Crippen LogP contribution in [0, 0.1) is 0 Å². The van der Waals surface area contributed by atoms with Crippen molar-refractivity contribution in [3.63, 3.8) is 0 Å². The normalized spacial score (nSPS) is 16.9. The number of rotatable bonds is 29. The van der Waals surface area contributed by atoms with Crippen molar-refractivity contribution in [1.82, 2.24) is 0 Å². The Bertz CT molecular complexity index is 1510. The van der Waals surface area contributed by atoms with Crippen molar-refractivity contribution in [2.24, 2.45) is 0 Å². The van der Waals surface area contributed by atoms with Crippen LogP contribution >= 0.6 is 0 Å². The van der Waals surface area contributed by atoms with Crippen molar-refractivity contribution in [3.8, 4) is 0 Å². The highest BCUT2D eigenvalue weighted by molar-refractivity contribution is 5.88. The molecular formula is C42H60O17. The van der Waals surface area contributed by atoms with Crippen LogP contribution < -0.4 is 0 Å². The van der Waals surface area contributed by atoms with Crippen LogP contribution in [0.4, 0.5) is 0 Å². The van der Waals surface area contributed by atoms with E-state index in [1.807, 2.05) is 0 Å². The zero-order valence-electron chi connectivity index (χ0n) is 34.8. The SMILES string of the molecule is C=C(C)C(=O)OCCCCC(=O)OC[C@@H]1OC[C@@H](OC(=O)CCCCOC(=O)C(=C)C)[C@H](OC(=O)CCCCOC(=O)C(=C)C)[C@H]1OC(=O)CCCCOC(=O)C(=C)C. The molecule has 17 heteroatoms. The van der Waals surface area contributed by atoms with Gasteiger partial charge in [0.25, 0.3) is 0 Å². The second-order valence-corrected chi connectivity index (χ2v) is 14.0. The van der Waals surface area contributed by atoms with Crippen molar-refractivity contribution < 1.29 is 81.0 Å². The molecule has 0 bridgehead atoms. The van der Waals surface area contributed by atoms with E-state index in [1.54, 1.807) is 0 Å². The van der Waals surface area contributed by atoms with Crippen LogP contribution in [0.5, 0.6) is 0 Å². The number of carbonyl (C=O) groups excluding carboxylic acids is 8. The van der Waals surface area contributed by atoms with Gasteiger partial charge in [-0.15, -0.1) is 0 Å². The molecule has 330 valence electrons. The Hall–Kier alpha value is -5.32. The molecule has 4 atom stereocenters. The average Bonchev–Trinajstić information content (AvgIpc) is 3.17. The van der Waals surface area contributed by atoms with Crippen molar-refractivity contribution in [3.05, 3.63) is 48.6 Å². The van der Waals surface area contributed by atoms with Gasteiger partial charge in [0.2, 0.25) is 0 Å². The van der Waals surface area contributed by atoms with Crippen LogP contribution in [-0.4, -0.2) is 112 Å². The predicted molar refractivity (Wildman–Crippen MR) is 209 cm³/mol. The molecule has 1 heterocycles. The van der Waals surface area contributed by atoms with E-state index in [4.69, 9.17) is 42.6 Å². The van der Waals surface area contributed by atoms with E-state index in [0.717, 1.165) is 0 Å². The van der Waals surface area contributed by atoms with E-state index in [-0.39, 0.29) is 100 Å². The van der Waals surface area contributed by atoms with E-state index < -0.39 is 78.8 Å². The molecule has 0 aromatic carbocycles. The lowest BCUT2D eigenvalue weighted by molar-refractivity contribution is -0.233. The van der Waals surface area contributed by atoms with E-state index in [9.17, 15) is 38.4 Å². The molecule has 0 aliphatic carbocycles. The lowest BCUT2D eigenvalue weighted by Crippen LogP contribution is -2.59. The number of ether oxygens (including phenoxy) is 9. The van der Waals surface area contributed by atoms with Gasteiger partial charge in [0.1, 0.15) is 12.7 Å². The molecule has 1 rings (SSSR count). The summed E-state index contributed by atoms with van der Waals surface area (Å²) < 4.78 is 48.9. The van der Waals surface area contributed by atoms with Crippen LogP contribution in [-0.2, 0) is 81.0 Å². The molecule has 0 spiro atoms. The van der Waals surface area contributed by atoms with Crippen LogP contribution in [0.3, 0.4) is 0 Å². The minimum absolute atomic E-state index is 0.0292. The third-order valence-electron chi connectivity index (χ3n) is 8.19. The Morgan fingerprint density at radius 1 is 0.441 bits per heavy atom. The first kappa shape index (κ1) is 51.7. The molecule has 0 N–H and O–H groups in total. The molecular weight excluding hydrogens is 776 g/mol. The van der Waals surface area contributed by atoms with Gasteiger partial charge in [0.15, 0.2) is 18.3 Å². The molecule has 0 amide bonds. The molecule has 1 fully saturated rings. The highest BCUT2D eigenvalue weighted by atomic mass is 16.7. The standard InChI is InChI=1S/C42H60O17/c1-27(2)39(47)51-21-13-9-17-33(43)56-25-31-37(58-35(45)19-11-15-23-53-41(49)29(5)6)38(59-36(46)20-12-16-24-54-42(50)30(7)8)32(26-55-31)57-34(44)18-10-14-22-52-40(48)28(3)4/h31-32,37-38H,1,3,5,7,9-26H2,2,4,6,8H3/t31-,32+,37-,38-/m0/s1. The lowest BCUT2D eigenvalue weighted by Gasteiger charge is -2.40. The van der Waals surface area contributed by atoms with E-state index in [2.05, 4.69) is 26.3 Å². The Kier molecular flexibility index (Phi) is 25.4. The summed E-state index contributed by atoms with van der Waals surface area (Å²) in [6.45, 7) is 19.5. The molecule has 1 aliphatic rings. The first-order chi connectivity index (χ1) is 27.9. The van der Waals surface area contributed by atoms with Crippen molar-refractivity contribution in [2.45, 2.75) is 129 Å². The van der Waals surface area contributed by atoms with Crippen LogP contribution in [0.15, 0.2) is 48.6 Å². The Morgan fingerprint density at radius 3 is 1.12 bits per heavy atom. The van der Waals surface area contributed by atoms with E-state index in [1.165, 1.54) is 27.7 Å². The second-order valence-electron chi connectivity index (χ2n) is 14.0. The quantitative estimate of drug-likeness (QED) is 0.0427. The maximum atomic E-state index is 13.2. The van der Waals surface area contributed by atoms with Gasteiger partial charge >= 0.3 is 47.8 Å². The molecule has 17 nitrogen and oxygen atoms in total. The number of hydrogen-bond acceptors (Lipinski definition) is 17. The fraction of sp³-hybridized carbons (Fsp3) is 0.619. The molecule has 0 saturated carbocycles. The van der Waals surface area contributed by atoms with Crippen molar-refractivity contribution in [2.75, 3.05) is 39.6 Å². The fourth-order valence-electron chi connectivity index (χ4n) is 4.90. The van der Waals surface area contributed by atoms with E-state index >= 15 is 0 Å². The summed E-state index contributed by atoms with van der Waals surface area (Å²) >= 11 is 0. The topological polar surface area (TPSA) is 220 Å². The summed E-state index contributed by atoms with van der Waals surface area (Å²) in [6.07, 6.45) is -3.18. The molecule has 0 aromatic rings. The monoisotopic (exact) mass is 836 g/mol. The van der Waals surface area contributed by atoms with Gasteiger partial charge in [-0.05, 0) is 79.1 Å². The van der Waals surface area contributed by atoms with Crippen molar-refractivity contribution >= 4 is 47.8 Å². The molecule has 0 unspecified atom stereocenters. The average molecular weight is 837 g/mol. The molecule has 0 radical (unpaired) electrons. The second kappa shape index (κ2) is 29.0. The molecule has 1 saturated heterocycles. The summed E-state index contributed by atoms with van der Waals surface area (Å²) in [6, 6.07) is 0. The van der Waals surface area contributed by atoms with Crippen LogP contribution in [0.2, 0.25) is 0 Å². The number of unbranched alkanes of at least 4 members (excludes halogenated alkanes) is 4.